The molecule has 16 heavy (non-hydrogen) atoms. The van der Waals surface area contributed by atoms with Crippen molar-refractivity contribution in [2.45, 2.75) is 19.9 Å². The predicted molar refractivity (Wildman–Crippen MR) is 63.0 cm³/mol. The zero-order chi connectivity index (χ0) is 12.1. The van der Waals surface area contributed by atoms with Crippen molar-refractivity contribution in [2.24, 2.45) is 0 Å². The molecule has 4 nitrogen and oxygen atoms in total. The van der Waals surface area contributed by atoms with Crippen LogP contribution in [0.4, 0.5) is 5.69 Å². The Hall–Kier alpha value is -1.89. The lowest BCUT2D eigenvalue weighted by atomic mass is 10.1. The van der Waals surface area contributed by atoms with Crippen LogP contribution in [-0.2, 0) is 0 Å². The van der Waals surface area contributed by atoms with Gasteiger partial charge >= 0.3 is 0 Å². The molecule has 1 aromatic carbocycles. The zero-order valence-corrected chi connectivity index (χ0v) is 10.00. The highest BCUT2D eigenvalue weighted by Crippen LogP contribution is 2.33. The van der Waals surface area contributed by atoms with Crippen molar-refractivity contribution in [1.82, 2.24) is 0 Å². The van der Waals surface area contributed by atoms with E-state index in [1.165, 1.54) is 0 Å². The van der Waals surface area contributed by atoms with Gasteiger partial charge in [0.15, 0.2) is 11.5 Å². The van der Waals surface area contributed by atoms with E-state index in [1.807, 2.05) is 19.1 Å². The lowest BCUT2D eigenvalue weighted by molar-refractivity contribution is 0.355. The average molecular weight is 220 g/mol. The van der Waals surface area contributed by atoms with Crippen LogP contribution in [0.25, 0.3) is 0 Å². The summed E-state index contributed by atoms with van der Waals surface area (Å²) >= 11 is 0. The second-order valence-corrected chi connectivity index (χ2v) is 3.52. The average Bonchev–Trinajstić information content (AvgIpc) is 2.30. The summed E-state index contributed by atoms with van der Waals surface area (Å²) in [7, 11) is 3.19. The molecular formula is C12H16N2O2. The Morgan fingerprint density at radius 3 is 2.31 bits per heavy atom. The van der Waals surface area contributed by atoms with Gasteiger partial charge in [0.2, 0.25) is 0 Å². The van der Waals surface area contributed by atoms with Crippen LogP contribution in [0.3, 0.4) is 0 Å². The van der Waals surface area contributed by atoms with Crippen molar-refractivity contribution < 1.29 is 9.47 Å². The SMILES string of the molecule is COc1cc(C)c(NC(C)C#N)cc1OC. The minimum atomic E-state index is -0.239. The number of nitriles is 1. The summed E-state index contributed by atoms with van der Waals surface area (Å²) in [5, 5.41) is 11.8. The third kappa shape index (κ3) is 2.57. The molecule has 0 heterocycles. The summed E-state index contributed by atoms with van der Waals surface area (Å²) in [5.41, 5.74) is 1.89. The molecule has 1 aromatic rings. The second kappa shape index (κ2) is 5.26. The van der Waals surface area contributed by atoms with Crippen molar-refractivity contribution in [3.8, 4) is 17.6 Å². The summed E-state index contributed by atoms with van der Waals surface area (Å²) in [6.07, 6.45) is 0. The largest absolute Gasteiger partial charge is 0.493 e. The Morgan fingerprint density at radius 1 is 1.25 bits per heavy atom. The van der Waals surface area contributed by atoms with E-state index >= 15 is 0 Å². The Labute approximate surface area is 95.8 Å². The fourth-order valence-corrected chi connectivity index (χ4v) is 1.40. The zero-order valence-electron chi connectivity index (χ0n) is 10.00. The second-order valence-electron chi connectivity index (χ2n) is 3.52. The van der Waals surface area contributed by atoms with E-state index in [4.69, 9.17) is 14.7 Å². The highest BCUT2D eigenvalue weighted by atomic mass is 16.5. The third-order valence-electron chi connectivity index (χ3n) is 2.30. The number of ether oxygens (including phenoxy) is 2. The number of hydrogen-bond donors (Lipinski definition) is 1. The summed E-state index contributed by atoms with van der Waals surface area (Å²) in [5.74, 6) is 1.34. The number of nitrogens with one attached hydrogen (secondary N) is 1. The first kappa shape index (κ1) is 12.2. The molecule has 0 bridgehead atoms. The number of anilines is 1. The first-order chi connectivity index (χ1) is 7.62. The molecule has 0 saturated heterocycles. The van der Waals surface area contributed by atoms with Gasteiger partial charge in [0.1, 0.15) is 6.04 Å². The molecule has 1 rings (SSSR count). The molecule has 0 fully saturated rings. The van der Waals surface area contributed by atoms with Gasteiger partial charge in [-0.25, -0.2) is 0 Å². The van der Waals surface area contributed by atoms with Crippen LogP contribution >= 0.6 is 0 Å². The fraction of sp³-hybridized carbons (Fsp3) is 0.417. The van der Waals surface area contributed by atoms with Crippen LogP contribution in [0.5, 0.6) is 11.5 Å². The van der Waals surface area contributed by atoms with E-state index in [0.29, 0.717) is 11.5 Å². The molecule has 0 aliphatic carbocycles. The van der Waals surface area contributed by atoms with E-state index < -0.39 is 0 Å². The van der Waals surface area contributed by atoms with Gasteiger partial charge in [-0.05, 0) is 25.5 Å². The highest BCUT2D eigenvalue weighted by molar-refractivity contribution is 5.60. The van der Waals surface area contributed by atoms with Gasteiger partial charge in [0.05, 0.1) is 20.3 Å². The third-order valence-corrected chi connectivity index (χ3v) is 2.30. The van der Waals surface area contributed by atoms with Crippen LogP contribution in [0, 0.1) is 18.3 Å². The molecule has 86 valence electrons. The van der Waals surface area contributed by atoms with Crippen molar-refractivity contribution in [3.63, 3.8) is 0 Å². The number of methoxy groups -OCH3 is 2. The highest BCUT2D eigenvalue weighted by Gasteiger charge is 2.09. The standard InChI is InChI=1S/C12H16N2O2/c1-8-5-11(15-3)12(16-4)6-10(8)14-9(2)7-13/h5-6,9,14H,1-4H3. The molecule has 4 heteroatoms. The number of rotatable bonds is 4. The Morgan fingerprint density at radius 2 is 1.81 bits per heavy atom. The normalized spacial score (nSPS) is 11.4. The van der Waals surface area contributed by atoms with Gasteiger partial charge < -0.3 is 14.8 Å². The smallest absolute Gasteiger partial charge is 0.162 e. The minimum absolute atomic E-state index is 0.239. The number of benzene rings is 1. The Bertz CT molecular complexity index is 410. The van der Waals surface area contributed by atoms with E-state index in [0.717, 1.165) is 11.3 Å². The number of aryl methyl sites for hydroxylation is 1. The Balaban J connectivity index is 3.07. The number of nitrogens with zero attached hydrogens (tertiary/aromatic N) is 1. The van der Waals surface area contributed by atoms with Gasteiger partial charge in [-0.1, -0.05) is 0 Å². The Kier molecular flexibility index (Phi) is 4.01. The monoisotopic (exact) mass is 220 g/mol. The molecule has 1 unspecified atom stereocenters. The molecule has 0 aliphatic heterocycles. The van der Waals surface area contributed by atoms with Crippen LogP contribution < -0.4 is 14.8 Å². The van der Waals surface area contributed by atoms with E-state index in [9.17, 15) is 0 Å². The van der Waals surface area contributed by atoms with Crippen LogP contribution in [0.1, 0.15) is 12.5 Å². The minimum Gasteiger partial charge on any atom is -0.493 e. The van der Waals surface area contributed by atoms with Crippen molar-refractivity contribution >= 4 is 5.69 Å². The molecule has 0 spiro atoms. The summed E-state index contributed by atoms with van der Waals surface area (Å²) in [6, 6.07) is 5.60. The molecule has 0 saturated carbocycles. The van der Waals surface area contributed by atoms with Crippen molar-refractivity contribution in [2.75, 3.05) is 19.5 Å². The summed E-state index contributed by atoms with van der Waals surface area (Å²) < 4.78 is 10.4. The summed E-state index contributed by atoms with van der Waals surface area (Å²) in [6.45, 7) is 3.75. The van der Waals surface area contributed by atoms with Crippen LogP contribution in [-0.4, -0.2) is 20.3 Å². The molecule has 1 N–H and O–H groups in total. The molecule has 0 aromatic heterocycles. The number of hydrogen-bond acceptors (Lipinski definition) is 4. The molecule has 0 aliphatic rings. The van der Waals surface area contributed by atoms with E-state index in [1.54, 1.807) is 21.1 Å². The maximum absolute atomic E-state index is 8.75. The van der Waals surface area contributed by atoms with E-state index in [-0.39, 0.29) is 6.04 Å². The van der Waals surface area contributed by atoms with Crippen LogP contribution in [0.2, 0.25) is 0 Å². The molecular weight excluding hydrogens is 204 g/mol. The molecule has 0 radical (unpaired) electrons. The van der Waals surface area contributed by atoms with Crippen molar-refractivity contribution in [3.05, 3.63) is 17.7 Å². The fourth-order valence-electron chi connectivity index (χ4n) is 1.40. The molecule has 0 amide bonds. The van der Waals surface area contributed by atoms with Crippen molar-refractivity contribution in [1.29, 1.82) is 5.26 Å². The van der Waals surface area contributed by atoms with Crippen LogP contribution in [0.15, 0.2) is 12.1 Å². The van der Waals surface area contributed by atoms with E-state index in [2.05, 4.69) is 11.4 Å². The molecule has 1 atom stereocenters. The topological polar surface area (TPSA) is 54.3 Å². The van der Waals surface area contributed by atoms with Gasteiger partial charge in [-0.2, -0.15) is 5.26 Å². The van der Waals surface area contributed by atoms with Gasteiger partial charge in [-0.15, -0.1) is 0 Å². The summed E-state index contributed by atoms with van der Waals surface area (Å²) in [4.78, 5) is 0. The quantitative estimate of drug-likeness (QED) is 0.846. The first-order valence-corrected chi connectivity index (χ1v) is 5.01. The lowest BCUT2D eigenvalue weighted by Crippen LogP contribution is -2.13. The van der Waals surface area contributed by atoms with Gasteiger partial charge in [0.25, 0.3) is 0 Å². The first-order valence-electron chi connectivity index (χ1n) is 5.01. The maximum Gasteiger partial charge on any atom is 0.162 e. The lowest BCUT2D eigenvalue weighted by Gasteiger charge is -2.15. The predicted octanol–water partition coefficient (Wildman–Crippen LogP) is 2.34. The van der Waals surface area contributed by atoms with Gasteiger partial charge in [-0.3, -0.25) is 0 Å². The maximum atomic E-state index is 8.75. The van der Waals surface area contributed by atoms with Gasteiger partial charge in [0, 0.05) is 11.8 Å².